The van der Waals surface area contributed by atoms with Gasteiger partial charge in [-0.2, -0.15) is 4.98 Å². The molecule has 1 saturated heterocycles. The van der Waals surface area contributed by atoms with Crippen molar-refractivity contribution in [2.75, 3.05) is 6.61 Å². The fourth-order valence-corrected chi connectivity index (χ4v) is 2.02. The third kappa shape index (κ3) is 1.19. The minimum Gasteiger partial charge on any atom is -0.453 e. The topological polar surface area (TPSA) is 93.8 Å². The molecule has 0 amide bonds. The summed E-state index contributed by atoms with van der Waals surface area (Å²) >= 11 is 0. The van der Waals surface area contributed by atoms with Gasteiger partial charge in [0.05, 0.1) is 6.61 Å². The highest BCUT2D eigenvalue weighted by atomic mass is 16.6. The highest BCUT2D eigenvalue weighted by molar-refractivity contribution is 5.10. The predicted octanol–water partition coefficient (Wildman–Crippen LogP) is -1.75. The Hall–Kier alpha value is -1.44. The molecule has 0 radical (unpaired) electrons. The van der Waals surface area contributed by atoms with Crippen LogP contribution in [-0.4, -0.2) is 44.7 Å². The Morgan fingerprint density at radius 1 is 1.56 bits per heavy atom. The van der Waals surface area contributed by atoms with E-state index < -0.39 is 30.1 Å². The lowest BCUT2D eigenvalue weighted by molar-refractivity contribution is -0.0434. The first-order valence-corrected chi connectivity index (χ1v) is 4.91. The smallest absolute Gasteiger partial charge is 0.302 e. The molecule has 86 valence electrons. The lowest BCUT2D eigenvalue weighted by Gasteiger charge is -2.13. The van der Waals surface area contributed by atoms with Crippen LogP contribution in [0.3, 0.4) is 0 Å². The molecule has 1 unspecified atom stereocenters. The van der Waals surface area contributed by atoms with Gasteiger partial charge in [0.2, 0.25) is 0 Å². The highest BCUT2D eigenvalue weighted by Crippen LogP contribution is 2.38. The summed E-state index contributed by atoms with van der Waals surface area (Å²) in [5.41, 5.74) is -0.403. The van der Waals surface area contributed by atoms with E-state index in [1.807, 2.05) is 0 Å². The molecule has 0 aromatic carbocycles. The monoisotopic (exact) mass is 226 g/mol. The van der Waals surface area contributed by atoms with Crippen LogP contribution in [0.4, 0.5) is 0 Å². The van der Waals surface area contributed by atoms with E-state index in [9.17, 15) is 9.90 Å². The van der Waals surface area contributed by atoms with Gasteiger partial charge in [-0.25, -0.2) is 0 Å². The van der Waals surface area contributed by atoms with E-state index in [1.165, 1.54) is 16.8 Å². The van der Waals surface area contributed by atoms with E-state index in [1.54, 1.807) is 0 Å². The van der Waals surface area contributed by atoms with Gasteiger partial charge in [-0.05, 0) is 0 Å². The van der Waals surface area contributed by atoms with Crippen molar-refractivity contribution in [3.8, 4) is 6.01 Å². The maximum Gasteiger partial charge on any atom is 0.302 e. The number of hydrogen-bond donors (Lipinski definition) is 2. The van der Waals surface area contributed by atoms with Gasteiger partial charge >= 0.3 is 6.01 Å². The van der Waals surface area contributed by atoms with E-state index >= 15 is 0 Å². The summed E-state index contributed by atoms with van der Waals surface area (Å²) in [5, 5.41) is 18.7. The van der Waals surface area contributed by atoms with Gasteiger partial charge in [0.25, 0.3) is 5.56 Å². The van der Waals surface area contributed by atoms with E-state index in [-0.39, 0.29) is 12.6 Å². The van der Waals surface area contributed by atoms with E-state index in [0.717, 1.165) is 0 Å². The second kappa shape index (κ2) is 3.27. The molecule has 0 aliphatic carbocycles. The number of rotatable bonds is 1. The Balaban J connectivity index is 1.99. The van der Waals surface area contributed by atoms with Gasteiger partial charge in [-0.15, -0.1) is 0 Å². The maximum atomic E-state index is 11.0. The fraction of sp³-hybridized carbons (Fsp3) is 0.556. The third-order valence-corrected chi connectivity index (χ3v) is 2.81. The van der Waals surface area contributed by atoms with Gasteiger partial charge < -0.3 is 19.7 Å². The second-order valence-electron chi connectivity index (χ2n) is 3.78. The number of hydrogen-bond acceptors (Lipinski definition) is 6. The van der Waals surface area contributed by atoms with Crippen LogP contribution >= 0.6 is 0 Å². The van der Waals surface area contributed by atoms with Crippen LogP contribution in [0.5, 0.6) is 6.01 Å². The quantitative estimate of drug-likeness (QED) is 0.590. The highest BCUT2D eigenvalue weighted by Gasteiger charge is 2.50. The summed E-state index contributed by atoms with van der Waals surface area (Å²) in [6.45, 7) is -0.277. The molecule has 1 aromatic rings. The van der Waals surface area contributed by atoms with Crippen molar-refractivity contribution in [1.82, 2.24) is 9.55 Å². The number of aliphatic hydroxyl groups excluding tert-OH is 2. The molecule has 2 N–H and O–H groups in total. The first-order chi connectivity index (χ1) is 7.70. The molecule has 3 heterocycles. The van der Waals surface area contributed by atoms with E-state index in [0.29, 0.717) is 0 Å². The van der Waals surface area contributed by atoms with Gasteiger partial charge in [0.1, 0.15) is 12.2 Å². The minimum absolute atomic E-state index is 0.137. The molecule has 3 rings (SSSR count). The Labute approximate surface area is 89.9 Å². The molecule has 1 aromatic heterocycles. The van der Waals surface area contributed by atoms with Crippen molar-refractivity contribution >= 4 is 0 Å². The van der Waals surface area contributed by atoms with Crippen molar-refractivity contribution in [1.29, 1.82) is 0 Å². The standard InChI is InChI=1S/C9H10N2O5/c12-3-4-6(14)7-8(15-4)11-2-1-5(13)10-9(11)16-7/h1-2,4,6-8,12,14H,3H2/t4-,6?,7+,8-/m0/s1. The first-order valence-electron chi connectivity index (χ1n) is 4.91. The molecule has 7 nitrogen and oxygen atoms in total. The molecule has 7 heteroatoms. The van der Waals surface area contributed by atoms with Crippen molar-refractivity contribution < 1.29 is 19.7 Å². The van der Waals surface area contributed by atoms with Gasteiger partial charge in [0.15, 0.2) is 12.3 Å². The van der Waals surface area contributed by atoms with Crippen LogP contribution in [0.15, 0.2) is 17.1 Å². The number of aromatic nitrogens is 2. The summed E-state index contributed by atoms with van der Waals surface area (Å²) in [6, 6.07) is 1.43. The predicted molar refractivity (Wildman–Crippen MR) is 49.9 cm³/mol. The third-order valence-electron chi connectivity index (χ3n) is 2.81. The number of ether oxygens (including phenoxy) is 2. The number of nitrogens with zero attached hydrogens (tertiary/aromatic N) is 2. The minimum atomic E-state index is -0.924. The SMILES string of the molecule is O=c1ccn2c(n1)O[C@@H]1C(O)[C@H](CO)O[C@@H]12. The van der Waals surface area contributed by atoms with E-state index in [4.69, 9.17) is 14.6 Å². The molecule has 1 fully saturated rings. The van der Waals surface area contributed by atoms with Crippen molar-refractivity contribution in [2.24, 2.45) is 0 Å². The van der Waals surface area contributed by atoms with Crippen LogP contribution in [0.1, 0.15) is 6.23 Å². The Morgan fingerprint density at radius 2 is 2.38 bits per heavy atom. The van der Waals surface area contributed by atoms with E-state index in [2.05, 4.69) is 4.98 Å². The van der Waals surface area contributed by atoms with Crippen molar-refractivity contribution in [3.05, 3.63) is 22.6 Å². The number of fused-ring (bicyclic) bond motifs is 3. The molecule has 4 atom stereocenters. The second-order valence-corrected chi connectivity index (χ2v) is 3.78. The molecule has 2 aliphatic rings. The maximum absolute atomic E-state index is 11.0. The van der Waals surface area contributed by atoms with Crippen LogP contribution in [-0.2, 0) is 4.74 Å². The molecule has 0 spiro atoms. The van der Waals surface area contributed by atoms with Gasteiger partial charge in [-0.1, -0.05) is 0 Å². The number of aliphatic hydroxyl groups is 2. The molecule has 0 bridgehead atoms. The zero-order chi connectivity index (χ0) is 11.3. The normalized spacial score (nSPS) is 35.6. The summed E-state index contributed by atoms with van der Waals surface area (Å²) < 4.78 is 12.3. The van der Waals surface area contributed by atoms with Crippen LogP contribution in [0.25, 0.3) is 0 Å². The van der Waals surface area contributed by atoms with Crippen LogP contribution < -0.4 is 10.3 Å². The van der Waals surface area contributed by atoms with Crippen LogP contribution in [0, 0.1) is 0 Å². The Kier molecular flexibility index (Phi) is 2.00. The molecule has 0 saturated carbocycles. The molecular formula is C9H10N2O5. The average Bonchev–Trinajstić information content (AvgIpc) is 2.75. The lowest BCUT2D eigenvalue weighted by Crippen LogP contribution is -2.34. The fourth-order valence-electron chi connectivity index (χ4n) is 2.02. The molecule has 2 aliphatic heterocycles. The lowest BCUT2D eigenvalue weighted by atomic mass is 10.1. The zero-order valence-electron chi connectivity index (χ0n) is 8.18. The summed E-state index contributed by atoms with van der Waals surface area (Å²) in [6.07, 6.45) is -1.24. The largest absolute Gasteiger partial charge is 0.453 e. The summed E-state index contributed by atoms with van der Waals surface area (Å²) in [7, 11) is 0. The van der Waals surface area contributed by atoms with Gasteiger partial charge in [0, 0.05) is 12.3 Å². The van der Waals surface area contributed by atoms with Crippen molar-refractivity contribution in [2.45, 2.75) is 24.5 Å². The van der Waals surface area contributed by atoms with Gasteiger partial charge in [-0.3, -0.25) is 9.36 Å². The van der Waals surface area contributed by atoms with Crippen molar-refractivity contribution in [3.63, 3.8) is 0 Å². The van der Waals surface area contributed by atoms with Crippen LogP contribution in [0.2, 0.25) is 0 Å². The summed E-state index contributed by atoms with van der Waals surface area (Å²) in [4.78, 5) is 14.7. The zero-order valence-corrected chi connectivity index (χ0v) is 8.18. The Bertz CT molecular complexity index is 473. The average molecular weight is 226 g/mol. The summed E-state index contributed by atoms with van der Waals surface area (Å²) in [5.74, 6) is 0. The Morgan fingerprint density at radius 3 is 3.12 bits per heavy atom. The first kappa shape index (κ1) is 9.76. The molecular weight excluding hydrogens is 216 g/mol. The molecule has 16 heavy (non-hydrogen) atoms.